The number of rotatable bonds is 2. The third-order valence-electron chi connectivity index (χ3n) is 2.63. The normalized spacial score (nSPS) is 16.3. The van der Waals surface area contributed by atoms with Gasteiger partial charge in [-0.3, -0.25) is 0 Å². The molecule has 0 unspecified atom stereocenters. The van der Waals surface area contributed by atoms with Crippen LogP contribution in [0.4, 0.5) is 5.82 Å². The molecule has 78 valence electrons. The molecular weight excluding hydrogens is 210 g/mol. The molecule has 2 rings (SSSR count). The first-order chi connectivity index (χ1) is 7.28. The van der Waals surface area contributed by atoms with Gasteiger partial charge in [0, 0.05) is 6.04 Å². The lowest BCUT2D eigenvalue weighted by molar-refractivity contribution is 0.750. The number of hydrogen-bond donors (Lipinski definition) is 1. The summed E-state index contributed by atoms with van der Waals surface area (Å²) in [5.74, 6) is 0.714. The summed E-state index contributed by atoms with van der Waals surface area (Å²) in [6.45, 7) is 0. The van der Waals surface area contributed by atoms with E-state index < -0.39 is 0 Å². The Labute approximate surface area is 94.1 Å². The molecular formula is C11H12ClN3. The molecule has 0 aliphatic heterocycles. The monoisotopic (exact) mass is 221 g/mol. The SMILES string of the molecule is N#Cc1cc(Cl)nc(NC2CCCC2)c1. The van der Waals surface area contributed by atoms with Crippen LogP contribution in [0.15, 0.2) is 12.1 Å². The summed E-state index contributed by atoms with van der Waals surface area (Å²) in [6.07, 6.45) is 4.89. The summed E-state index contributed by atoms with van der Waals surface area (Å²) < 4.78 is 0. The molecule has 0 atom stereocenters. The van der Waals surface area contributed by atoms with Crippen LogP contribution in [0.1, 0.15) is 31.2 Å². The number of pyridine rings is 1. The van der Waals surface area contributed by atoms with Gasteiger partial charge in [0.25, 0.3) is 0 Å². The van der Waals surface area contributed by atoms with E-state index in [0.29, 0.717) is 22.6 Å². The van der Waals surface area contributed by atoms with Crippen molar-refractivity contribution in [1.29, 1.82) is 5.26 Å². The predicted molar refractivity (Wildman–Crippen MR) is 59.8 cm³/mol. The molecule has 1 N–H and O–H groups in total. The number of hydrogen-bond acceptors (Lipinski definition) is 3. The molecule has 0 saturated heterocycles. The zero-order chi connectivity index (χ0) is 10.7. The van der Waals surface area contributed by atoms with E-state index in [1.807, 2.05) is 0 Å². The summed E-state index contributed by atoms with van der Waals surface area (Å²) >= 11 is 5.81. The molecule has 15 heavy (non-hydrogen) atoms. The molecule has 1 saturated carbocycles. The Morgan fingerprint density at radius 3 is 2.80 bits per heavy atom. The van der Waals surface area contributed by atoms with E-state index in [9.17, 15) is 0 Å². The van der Waals surface area contributed by atoms with E-state index >= 15 is 0 Å². The molecule has 1 aliphatic rings. The number of nitrogens with one attached hydrogen (secondary N) is 1. The van der Waals surface area contributed by atoms with Crippen LogP contribution in [0.5, 0.6) is 0 Å². The van der Waals surface area contributed by atoms with Crippen LogP contribution in [-0.2, 0) is 0 Å². The average Bonchev–Trinajstić information content (AvgIpc) is 2.69. The molecule has 1 aliphatic carbocycles. The van der Waals surface area contributed by atoms with Gasteiger partial charge in [-0.2, -0.15) is 5.26 Å². The summed E-state index contributed by atoms with van der Waals surface area (Å²) in [4.78, 5) is 4.15. The molecule has 0 bridgehead atoms. The first-order valence-electron chi connectivity index (χ1n) is 5.12. The van der Waals surface area contributed by atoms with E-state index in [1.165, 1.54) is 25.7 Å². The van der Waals surface area contributed by atoms with Crippen LogP contribution >= 0.6 is 11.6 Å². The number of nitrogens with zero attached hydrogens (tertiary/aromatic N) is 2. The topological polar surface area (TPSA) is 48.7 Å². The summed E-state index contributed by atoms with van der Waals surface area (Å²) in [7, 11) is 0. The van der Waals surface area contributed by atoms with Gasteiger partial charge in [-0.25, -0.2) is 4.98 Å². The van der Waals surface area contributed by atoms with Gasteiger partial charge in [0.05, 0.1) is 11.6 Å². The minimum atomic E-state index is 0.370. The van der Waals surface area contributed by atoms with Crippen molar-refractivity contribution in [2.24, 2.45) is 0 Å². The predicted octanol–water partition coefficient (Wildman–Crippen LogP) is 2.96. The van der Waals surface area contributed by atoms with Crippen LogP contribution in [0.25, 0.3) is 0 Å². The maximum absolute atomic E-state index is 8.78. The third kappa shape index (κ3) is 2.60. The van der Waals surface area contributed by atoms with Crippen LogP contribution in [0.3, 0.4) is 0 Å². The van der Waals surface area contributed by atoms with E-state index in [-0.39, 0.29) is 0 Å². The van der Waals surface area contributed by atoms with Crippen molar-refractivity contribution >= 4 is 17.4 Å². The second-order valence-corrected chi connectivity index (χ2v) is 4.19. The maximum Gasteiger partial charge on any atom is 0.132 e. The highest BCUT2D eigenvalue weighted by Gasteiger charge is 2.15. The second-order valence-electron chi connectivity index (χ2n) is 3.80. The van der Waals surface area contributed by atoms with Crippen molar-refractivity contribution < 1.29 is 0 Å². The van der Waals surface area contributed by atoms with Crippen molar-refractivity contribution in [3.63, 3.8) is 0 Å². The standard InChI is InChI=1S/C11H12ClN3/c12-10-5-8(7-13)6-11(15-10)14-9-3-1-2-4-9/h5-6,9H,1-4H2,(H,14,15). The third-order valence-corrected chi connectivity index (χ3v) is 2.82. The Morgan fingerprint density at radius 1 is 1.40 bits per heavy atom. The molecule has 0 amide bonds. The van der Waals surface area contributed by atoms with Gasteiger partial charge in [0.1, 0.15) is 11.0 Å². The van der Waals surface area contributed by atoms with Crippen molar-refractivity contribution in [2.75, 3.05) is 5.32 Å². The van der Waals surface area contributed by atoms with Gasteiger partial charge in [-0.05, 0) is 25.0 Å². The Balaban J connectivity index is 2.13. The summed E-state index contributed by atoms with van der Waals surface area (Å²) in [5, 5.41) is 12.5. The van der Waals surface area contributed by atoms with Gasteiger partial charge in [0.2, 0.25) is 0 Å². The molecule has 1 fully saturated rings. The number of nitriles is 1. The van der Waals surface area contributed by atoms with Gasteiger partial charge in [-0.1, -0.05) is 24.4 Å². The summed E-state index contributed by atoms with van der Waals surface area (Å²) in [5.41, 5.74) is 0.551. The fraction of sp³-hybridized carbons (Fsp3) is 0.455. The Morgan fingerprint density at radius 2 is 2.13 bits per heavy atom. The molecule has 0 aromatic carbocycles. The second kappa shape index (κ2) is 4.50. The zero-order valence-corrected chi connectivity index (χ0v) is 9.09. The Hall–Kier alpha value is -1.27. The van der Waals surface area contributed by atoms with Gasteiger partial charge in [-0.15, -0.1) is 0 Å². The largest absolute Gasteiger partial charge is 0.367 e. The smallest absolute Gasteiger partial charge is 0.132 e. The van der Waals surface area contributed by atoms with Crippen LogP contribution in [0, 0.1) is 11.3 Å². The number of halogens is 1. The highest BCUT2D eigenvalue weighted by atomic mass is 35.5. The van der Waals surface area contributed by atoms with Crippen molar-refractivity contribution in [3.8, 4) is 6.07 Å². The Bertz CT molecular complexity index is 391. The molecule has 1 heterocycles. The van der Waals surface area contributed by atoms with Crippen LogP contribution in [-0.4, -0.2) is 11.0 Å². The first kappa shape index (κ1) is 10.3. The van der Waals surface area contributed by atoms with Crippen LogP contribution in [0.2, 0.25) is 5.15 Å². The summed E-state index contributed by atoms with van der Waals surface area (Å²) in [6, 6.07) is 5.87. The molecule has 3 nitrogen and oxygen atoms in total. The highest BCUT2D eigenvalue weighted by molar-refractivity contribution is 6.29. The lowest BCUT2D eigenvalue weighted by Gasteiger charge is -2.12. The van der Waals surface area contributed by atoms with E-state index in [2.05, 4.69) is 16.4 Å². The molecule has 1 aromatic rings. The highest BCUT2D eigenvalue weighted by Crippen LogP contribution is 2.22. The van der Waals surface area contributed by atoms with Gasteiger partial charge < -0.3 is 5.32 Å². The first-order valence-corrected chi connectivity index (χ1v) is 5.50. The lowest BCUT2D eigenvalue weighted by Crippen LogP contribution is -2.15. The fourth-order valence-corrected chi connectivity index (χ4v) is 2.12. The van der Waals surface area contributed by atoms with Gasteiger partial charge >= 0.3 is 0 Å². The number of anilines is 1. The Kier molecular flexibility index (Phi) is 3.08. The average molecular weight is 222 g/mol. The number of aromatic nitrogens is 1. The lowest BCUT2D eigenvalue weighted by atomic mass is 10.2. The van der Waals surface area contributed by atoms with Crippen molar-refractivity contribution in [3.05, 3.63) is 22.8 Å². The molecule has 4 heteroatoms. The van der Waals surface area contributed by atoms with Crippen LogP contribution < -0.4 is 5.32 Å². The van der Waals surface area contributed by atoms with E-state index in [1.54, 1.807) is 12.1 Å². The van der Waals surface area contributed by atoms with E-state index in [4.69, 9.17) is 16.9 Å². The van der Waals surface area contributed by atoms with Crippen molar-refractivity contribution in [2.45, 2.75) is 31.7 Å². The maximum atomic E-state index is 8.78. The molecule has 0 radical (unpaired) electrons. The van der Waals surface area contributed by atoms with E-state index in [0.717, 1.165) is 0 Å². The fourth-order valence-electron chi connectivity index (χ4n) is 1.91. The van der Waals surface area contributed by atoms with Gasteiger partial charge in [0.15, 0.2) is 0 Å². The zero-order valence-electron chi connectivity index (χ0n) is 8.33. The minimum Gasteiger partial charge on any atom is -0.367 e. The quantitative estimate of drug-likeness (QED) is 0.782. The van der Waals surface area contributed by atoms with Crippen molar-refractivity contribution in [1.82, 2.24) is 4.98 Å². The molecule has 0 spiro atoms. The minimum absolute atomic E-state index is 0.370. The molecule has 1 aromatic heterocycles.